The predicted molar refractivity (Wildman–Crippen MR) is 128 cm³/mol. The van der Waals surface area contributed by atoms with E-state index in [1.165, 1.54) is 17.2 Å². The summed E-state index contributed by atoms with van der Waals surface area (Å²) < 4.78 is 0. The summed E-state index contributed by atoms with van der Waals surface area (Å²) in [4.78, 5) is 27.7. The van der Waals surface area contributed by atoms with Gasteiger partial charge in [-0.05, 0) is 62.0 Å². The molecule has 6 heteroatoms. The molecule has 0 aliphatic carbocycles. The van der Waals surface area contributed by atoms with Gasteiger partial charge in [0.25, 0.3) is 0 Å². The average molecular weight is 402 g/mol. The summed E-state index contributed by atoms with van der Waals surface area (Å²) in [6.07, 6.45) is 9.66. The first-order chi connectivity index (χ1) is 14.4. The Morgan fingerprint density at radius 1 is 1.47 bits per heavy atom. The lowest BCUT2D eigenvalue weighted by atomic mass is 9.86. The second-order valence-corrected chi connectivity index (χ2v) is 8.06. The van der Waals surface area contributed by atoms with E-state index >= 15 is 0 Å². The van der Waals surface area contributed by atoms with Gasteiger partial charge >= 0.3 is 0 Å². The normalized spacial score (nSPS) is 18.7. The van der Waals surface area contributed by atoms with Crippen molar-refractivity contribution in [1.29, 1.82) is 0 Å². The lowest BCUT2D eigenvalue weighted by molar-refractivity contribution is -0.127. The van der Waals surface area contributed by atoms with Crippen LogP contribution in [0.5, 0.6) is 0 Å². The number of rotatable bonds is 6. The van der Waals surface area contributed by atoms with E-state index in [1.54, 1.807) is 0 Å². The number of hydrogen-bond donors (Lipinski definition) is 0. The monoisotopic (exact) mass is 402 g/mol. The van der Waals surface area contributed by atoms with Gasteiger partial charge in [-0.2, -0.15) is 0 Å². The first kappa shape index (κ1) is 21.9. The molecular formula is C24H31BN4O. The highest BCUT2D eigenvalue weighted by atomic mass is 16.2. The number of carbonyl (C=O) groups excluding carboxylic acids is 1. The minimum absolute atomic E-state index is 0.00737. The fourth-order valence-electron chi connectivity index (χ4n) is 4.12. The molecule has 30 heavy (non-hydrogen) atoms. The van der Waals surface area contributed by atoms with Crippen molar-refractivity contribution in [2.45, 2.75) is 45.4 Å². The molecule has 3 rings (SSSR count). The Labute approximate surface area is 180 Å². The lowest BCUT2D eigenvalue weighted by Gasteiger charge is -2.33. The van der Waals surface area contributed by atoms with Crippen LogP contribution in [0.1, 0.15) is 56.6 Å². The molecule has 0 spiro atoms. The van der Waals surface area contributed by atoms with Crippen LogP contribution in [0.4, 0.5) is 0 Å². The minimum atomic E-state index is 0.00737. The largest absolute Gasteiger partial charge is 0.339 e. The third kappa shape index (κ3) is 5.04. The van der Waals surface area contributed by atoms with E-state index in [0.29, 0.717) is 6.54 Å². The van der Waals surface area contributed by atoms with Crippen LogP contribution in [0.3, 0.4) is 0 Å². The zero-order chi connectivity index (χ0) is 21.7. The number of carbonyl (C=O) groups is 1. The third-order valence-electron chi connectivity index (χ3n) is 5.76. The number of hydrogen-bond acceptors (Lipinski definition) is 4. The molecule has 1 aliphatic heterocycles. The molecule has 1 aromatic heterocycles. The molecule has 1 aromatic carbocycles. The first-order valence-corrected chi connectivity index (χ1v) is 10.8. The molecule has 0 N–H and O–H groups in total. The quantitative estimate of drug-likeness (QED) is 0.424. The number of aliphatic imine (C=N–C) groups is 1. The van der Waals surface area contributed by atoms with E-state index in [2.05, 4.69) is 47.8 Å². The molecular weight excluding hydrogens is 371 g/mol. The topological polar surface area (TPSA) is 58.5 Å². The third-order valence-corrected chi connectivity index (χ3v) is 5.76. The standard InChI is InChI=1S/C24H31BN4O/c1-5-22(30)29-11-7-8-18(15-29)21-13-19(16(3)9-10-17(4)26-6-2)12-20-14-27-24(25)28-23(20)21/h5,9-10,12-14,16,18H,1,6-8,11,15,25H2,2-4H3/b10-9-,26-17-. The Kier molecular flexibility index (Phi) is 7.19. The van der Waals surface area contributed by atoms with Crippen LogP contribution in [0, 0.1) is 0 Å². The van der Waals surface area contributed by atoms with E-state index in [9.17, 15) is 4.79 Å². The van der Waals surface area contributed by atoms with Gasteiger partial charge in [0.1, 0.15) is 0 Å². The number of allylic oxidation sites excluding steroid dienone is 2. The van der Waals surface area contributed by atoms with Crippen molar-refractivity contribution < 1.29 is 4.79 Å². The predicted octanol–water partition coefficient (Wildman–Crippen LogP) is 2.92. The van der Waals surface area contributed by atoms with E-state index < -0.39 is 0 Å². The molecule has 2 heterocycles. The number of nitrogens with zero attached hydrogens (tertiary/aromatic N) is 4. The molecule has 2 aromatic rings. The molecule has 0 bridgehead atoms. The van der Waals surface area contributed by atoms with Crippen molar-refractivity contribution in [3.8, 4) is 0 Å². The van der Waals surface area contributed by atoms with Crippen molar-refractivity contribution in [1.82, 2.24) is 14.9 Å². The fourth-order valence-corrected chi connectivity index (χ4v) is 4.12. The number of benzene rings is 1. The number of aromatic nitrogens is 2. The number of likely N-dealkylation sites (tertiary alicyclic amines) is 1. The van der Waals surface area contributed by atoms with Gasteiger partial charge in [-0.25, -0.2) is 4.98 Å². The molecule has 2 atom stereocenters. The zero-order valence-corrected chi connectivity index (χ0v) is 18.6. The second-order valence-electron chi connectivity index (χ2n) is 8.06. The van der Waals surface area contributed by atoms with Crippen molar-refractivity contribution in [3.05, 3.63) is 54.3 Å². The highest BCUT2D eigenvalue weighted by Crippen LogP contribution is 2.34. The zero-order valence-electron chi connectivity index (χ0n) is 18.6. The minimum Gasteiger partial charge on any atom is -0.339 e. The summed E-state index contributed by atoms with van der Waals surface area (Å²) >= 11 is 0. The SMILES string of the molecule is Bc1ncc2cc(C(C)/C=C\C(C)=N/CC)cc(C3CCCN(C(=O)C=C)C3)c2n1. The molecule has 0 saturated carbocycles. The average Bonchev–Trinajstić information content (AvgIpc) is 2.76. The highest BCUT2D eigenvalue weighted by molar-refractivity contribution is 6.29. The summed E-state index contributed by atoms with van der Waals surface area (Å²) in [5, 5.41) is 1.06. The fraction of sp³-hybridized carbons (Fsp3) is 0.417. The summed E-state index contributed by atoms with van der Waals surface area (Å²) in [5.74, 6) is 0.512. The molecule has 1 aliphatic rings. The number of amides is 1. The van der Waals surface area contributed by atoms with E-state index in [1.807, 2.05) is 32.8 Å². The summed E-state index contributed by atoms with van der Waals surface area (Å²) in [5.41, 5.74) is 5.26. The molecule has 2 unspecified atom stereocenters. The van der Waals surface area contributed by atoms with Crippen LogP contribution in [-0.4, -0.2) is 54.0 Å². The van der Waals surface area contributed by atoms with E-state index in [4.69, 9.17) is 4.98 Å². The van der Waals surface area contributed by atoms with Gasteiger partial charge in [0.05, 0.1) is 11.2 Å². The van der Waals surface area contributed by atoms with Gasteiger partial charge in [-0.1, -0.05) is 25.6 Å². The second kappa shape index (κ2) is 9.83. The van der Waals surface area contributed by atoms with E-state index in [0.717, 1.165) is 48.3 Å². The molecule has 1 amide bonds. The van der Waals surface area contributed by atoms with Gasteiger partial charge in [0, 0.05) is 42.8 Å². The van der Waals surface area contributed by atoms with Crippen molar-refractivity contribution in [3.63, 3.8) is 0 Å². The van der Waals surface area contributed by atoms with Gasteiger partial charge < -0.3 is 4.90 Å². The Bertz CT molecular complexity index is 998. The maximum Gasteiger partial charge on any atom is 0.245 e. The van der Waals surface area contributed by atoms with Crippen molar-refractivity contribution in [2.24, 2.45) is 4.99 Å². The summed E-state index contributed by atoms with van der Waals surface area (Å²) in [6, 6.07) is 4.47. The van der Waals surface area contributed by atoms with Crippen LogP contribution >= 0.6 is 0 Å². The van der Waals surface area contributed by atoms with Crippen LogP contribution in [0.2, 0.25) is 0 Å². The van der Waals surface area contributed by atoms with Gasteiger partial charge in [-0.15, -0.1) is 0 Å². The lowest BCUT2D eigenvalue weighted by Crippen LogP contribution is -2.38. The maximum atomic E-state index is 12.2. The molecule has 156 valence electrons. The maximum absolute atomic E-state index is 12.2. The molecule has 0 radical (unpaired) electrons. The van der Waals surface area contributed by atoms with Crippen molar-refractivity contribution in [2.75, 3.05) is 19.6 Å². The Morgan fingerprint density at radius 3 is 3.00 bits per heavy atom. The van der Waals surface area contributed by atoms with Gasteiger partial charge in [-0.3, -0.25) is 14.8 Å². The summed E-state index contributed by atoms with van der Waals surface area (Å²) in [7, 11) is 1.92. The molecule has 1 fully saturated rings. The Balaban J connectivity index is 2.01. The number of piperidine rings is 1. The molecule has 1 saturated heterocycles. The van der Waals surface area contributed by atoms with Crippen LogP contribution in [0.15, 0.2) is 48.1 Å². The van der Waals surface area contributed by atoms with E-state index in [-0.39, 0.29) is 17.7 Å². The Hall–Kier alpha value is -2.76. The van der Waals surface area contributed by atoms with Gasteiger partial charge in [0.2, 0.25) is 5.91 Å². The Morgan fingerprint density at radius 2 is 2.27 bits per heavy atom. The summed E-state index contributed by atoms with van der Waals surface area (Å²) in [6.45, 7) is 12.2. The first-order valence-electron chi connectivity index (χ1n) is 10.8. The molecule has 5 nitrogen and oxygen atoms in total. The number of fused-ring (bicyclic) bond motifs is 1. The highest BCUT2D eigenvalue weighted by Gasteiger charge is 2.26. The van der Waals surface area contributed by atoms with Crippen LogP contribution in [0.25, 0.3) is 10.9 Å². The smallest absolute Gasteiger partial charge is 0.245 e. The van der Waals surface area contributed by atoms with Crippen molar-refractivity contribution >= 4 is 36.1 Å². The van der Waals surface area contributed by atoms with Gasteiger partial charge in [0.15, 0.2) is 7.85 Å². The van der Waals surface area contributed by atoms with Crippen LogP contribution in [-0.2, 0) is 4.79 Å². The van der Waals surface area contributed by atoms with Crippen LogP contribution < -0.4 is 5.72 Å².